The number of aliphatic hydroxyl groups is 5. The maximum Gasteiger partial charge on any atom is 0.0910 e. The third-order valence-corrected chi connectivity index (χ3v) is 12.0. The molecule has 5 aliphatic rings. The van der Waals surface area contributed by atoms with Crippen LogP contribution in [0.4, 0.5) is 0 Å². The molecule has 5 heteroatoms. The second-order valence-electron chi connectivity index (χ2n) is 14.1. The number of aliphatic hydroxyl groups excluding tert-OH is 4. The van der Waals surface area contributed by atoms with Crippen LogP contribution in [0.25, 0.3) is 0 Å². The van der Waals surface area contributed by atoms with E-state index in [0.29, 0.717) is 31.1 Å². The summed E-state index contributed by atoms with van der Waals surface area (Å²) in [5.74, 6) is 0.865. The maximum atomic E-state index is 11.6. The van der Waals surface area contributed by atoms with Gasteiger partial charge in [-0.3, -0.25) is 0 Å². The zero-order chi connectivity index (χ0) is 24.2. The lowest BCUT2D eigenvalue weighted by molar-refractivity contribution is -0.228. The Balaban J connectivity index is 1.58. The highest BCUT2D eigenvalue weighted by atomic mass is 16.3. The molecule has 0 aromatic heterocycles. The standard InChI is InChI=1S/C28H46O5/c1-24(2)12-19-18-7-6-16-17(8-9-20-25(16,3)11-10-21(30)27(20,5)33)26(18,4)14-23(32)28(19,15-29)22(31)13-24/h7,16-17,19-23,29-33H,6,8-15H2,1-5H3/t16-,17+,19+,20+,21+,22-,23-,25+,26-,27+,28-/m0/s1. The molecule has 5 aliphatic carbocycles. The third kappa shape index (κ3) is 3.02. The Labute approximate surface area is 199 Å². The van der Waals surface area contributed by atoms with Crippen LogP contribution in [-0.4, -0.2) is 56.1 Å². The van der Waals surface area contributed by atoms with Gasteiger partial charge in [-0.1, -0.05) is 39.3 Å². The first kappa shape index (κ1) is 24.2. The first-order chi connectivity index (χ1) is 15.2. The molecule has 0 bridgehead atoms. The van der Waals surface area contributed by atoms with Gasteiger partial charge in [0.15, 0.2) is 0 Å². The molecular weight excluding hydrogens is 416 g/mol. The normalized spacial score (nSPS) is 57.8. The fraction of sp³-hybridized carbons (Fsp3) is 0.929. The first-order valence-corrected chi connectivity index (χ1v) is 13.3. The van der Waals surface area contributed by atoms with E-state index in [0.717, 1.165) is 32.1 Å². The number of allylic oxidation sites excluding steroid dienone is 2. The number of fused-ring (bicyclic) bond motifs is 7. The highest BCUT2D eigenvalue weighted by Crippen LogP contribution is 2.70. The maximum absolute atomic E-state index is 11.6. The third-order valence-electron chi connectivity index (χ3n) is 12.0. The summed E-state index contributed by atoms with van der Waals surface area (Å²) in [7, 11) is 0. The molecule has 4 saturated carbocycles. The Morgan fingerprint density at radius 2 is 1.52 bits per heavy atom. The van der Waals surface area contributed by atoms with Crippen LogP contribution in [0.5, 0.6) is 0 Å². The second-order valence-corrected chi connectivity index (χ2v) is 14.1. The van der Waals surface area contributed by atoms with Crippen LogP contribution in [0.2, 0.25) is 0 Å². The van der Waals surface area contributed by atoms with Gasteiger partial charge >= 0.3 is 0 Å². The van der Waals surface area contributed by atoms with Gasteiger partial charge in [0.25, 0.3) is 0 Å². The Kier molecular flexibility index (Phi) is 5.35. The number of hydrogen-bond donors (Lipinski definition) is 5. The summed E-state index contributed by atoms with van der Waals surface area (Å²) in [4.78, 5) is 0. The van der Waals surface area contributed by atoms with Crippen LogP contribution < -0.4 is 0 Å². The Morgan fingerprint density at radius 3 is 2.18 bits per heavy atom. The molecule has 0 aliphatic heterocycles. The van der Waals surface area contributed by atoms with Crippen LogP contribution in [0.3, 0.4) is 0 Å². The molecule has 0 aromatic rings. The predicted octanol–water partition coefficient (Wildman–Crippen LogP) is 3.42. The van der Waals surface area contributed by atoms with Crippen molar-refractivity contribution in [2.24, 2.45) is 45.3 Å². The van der Waals surface area contributed by atoms with Gasteiger partial charge < -0.3 is 25.5 Å². The van der Waals surface area contributed by atoms with Gasteiger partial charge in [0.1, 0.15) is 0 Å². The Hall–Kier alpha value is -0.460. The highest BCUT2D eigenvalue weighted by Gasteiger charge is 2.68. The monoisotopic (exact) mass is 462 g/mol. The van der Waals surface area contributed by atoms with Crippen molar-refractivity contribution in [2.45, 2.75) is 110 Å². The van der Waals surface area contributed by atoms with E-state index in [-0.39, 0.29) is 34.7 Å². The van der Waals surface area contributed by atoms with E-state index < -0.39 is 29.3 Å². The molecule has 5 rings (SSSR count). The van der Waals surface area contributed by atoms with E-state index in [1.165, 1.54) is 5.57 Å². The largest absolute Gasteiger partial charge is 0.396 e. The zero-order valence-electron chi connectivity index (χ0n) is 21.2. The molecule has 33 heavy (non-hydrogen) atoms. The van der Waals surface area contributed by atoms with Gasteiger partial charge in [-0.2, -0.15) is 0 Å². The minimum atomic E-state index is -1.06. The van der Waals surface area contributed by atoms with E-state index in [2.05, 4.69) is 33.8 Å². The van der Waals surface area contributed by atoms with Crippen molar-refractivity contribution in [2.75, 3.05) is 6.61 Å². The lowest BCUT2D eigenvalue weighted by atomic mass is 9.38. The van der Waals surface area contributed by atoms with E-state index in [9.17, 15) is 25.5 Å². The minimum Gasteiger partial charge on any atom is -0.396 e. The minimum absolute atomic E-state index is 0.0160. The molecule has 0 aromatic carbocycles. The van der Waals surface area contributed by atoms with Gasteiger partial charge in [-0.05, 0) is 98.2 Å². The van der Waals surface area contributed by atoms with Gasteiger partial charge in [-0.25, -0.2) is 0 Å². The second kappa shape index (κ2) is 7.29. The summed E-state index contributed by atoms with van der Waals surface area (Å²) >= 11 is 0. The average Bonchev–Trinajstić information content (AvgIpc) is 2.70. The summed E-state index contributed by atoms with van der Waals surface area (Å²) in [6.07, 6.45) is 6.74. The molecular formula is C28H46O5. The zero-order valence-corrected chi connectivity index (χ0v) is 21.2. The van der Waals surface area contributed by atoms with Gasteiger partial charge in [0, 0.05) is 0 Å². The van der Waals surface area contributed by atoms with Crippen molar-refractivity contribution >= 4 is 0 Å². The molecule has 5 nitrogen and oxygen atoms in total. The first-order valence-electron chi connectivity index (χ1n) is 13.3. The van der Waals surface area contributed by atoms with Crippen molar-refractivity contribution in [1.82, 2.24) is 0 Å². The van der Waals surface area contributed by atoms with E-state index in [1.54, 1.807) is 0 Å². The lowest BCUT2D eigenvalue weighted by Gasteiger charge is -2.68. The van der Waals surface area contributed by atoms with Crippen LogP contribution in [-0.2, 0) is 0 Å². The SMILES string of the molecule is CC1(C)C[C@@H]2C3=CC[C@H]4[C@@H](CC[C@H]5[C@@](C)(O)[C@H](O)CC[C@]45C)[C@]3(C)C[C@H](O)[C@]2(CO)[C@@H](O)C1. The molecule has 0 amide bonds. The number of hydrogen-bond acceptors (Lipinski definition) is 5. The van der Waals surface area contributed by atoms with E-state index in [1.807, 2.05) is 6.92 Å². The Bertz CT molecular complexity index is 834. The van der Waals surface area contributed by atoms with Crippen LogP contribution >= 0.6 is 0 Å². The van der Waals surface area contributed by atoms with Gasteiger partial charge in [0.2, 0.25) is 0 Å². The summed E-state index contributed by atoms with van der Waals surface area (Å²) < 4.78 is 0. The summed E-state index contributed by atoms with van der Waals surface area (Å²) in [5.41, 5.74) is -0.820. The fourth-order valence-corrected chi connectivity index (χ4v) is 10.1. The molecule has 5 N–H and O–H groups in total. The van der Waals surface area contributed by atoms with Crippen LogP contribution in [0, 0.1) is 45.3 Å². The van der Waals surface area contributed by atoms with Crippen molar-refractivity contribution in [3.63, 3.8) is 0 Å². The predicted molar refractivity (Wildman–Crippen MR) is 127 cm³/mol. The highest BCUT2D eigenvalue weighted by molar-refractivity contribution is 5.33. The fourth-order valence-electron chi connectivity index (χ4n) is 10.1. The van der Waals surface area contributed by atoms with Gasteiger partial charge in [0.05, 0.1) is 35.9 Å². The molecule has 4 fully saturated rings. The smallest absolute Gasteiger partial charge is 0.0910 e. The van der Waals surface area contributed by atoms with E-state index >= 15 is 0 Å². The van der Waals surface area contributed by atoms with Crippen molar-refractivity contribution < 1.29 is 25.5 Å². The quantitative estimate of drug-likeness (QED) is 0.385. The molecule has 0 saturated heterocycles. The van der Waals surface area contributed by atoms with Crippen molar-refractivity contribution in [1.29, 1.82) is 0 Å². The van der Waals surface area contributed by atoms with E-state index in [4.69, 9.17) is 0 Å². The van der Waals surface area contributed by atoms with Crippen LogP contribution in [0.1, 0.15) is 86.0 Å². The number of rotatable bonds is 1. The molecule has 11 atom stereocenters. The van der Waals surface area contributed by atoms with Crippen LogP contribution in [0.15, 0.2) is 11.6 Å². The molecule has 188 valence electrons. The lowest BCUT2D eigenvalue weighted by Crippen LogP contribution is -2.67. The topological polar surface area (TPSA) is 101 Å². The summed E-state index contributed by atoms with van der Waals surface area (Å²) in [5, 5.41) is 55.3. The summed E-state index contributed by atoms with van der Waals surface area (Å²) in [6, 6.07) is 0. The molecule has 0 radical (unpaired) electrons. The summed E-state index contributed by atoms with van der Waals surface area (Å²) in [6.45, 7) is 10.7. The van der Waals surface area contributed by atoms with Crippen molar-refractivity contribution in [3.05, 3.63) is 11.6 Å². The molecule has 0 heterocycles. The van der Waals surface area contributed by atoms with Crippen molar-refractivity contribution in [3.8, 4) is 0 Å². The molecule has 0 spiro atoms. The van der Waals surface area contributed by atoms with Gasteiger partial charge in [-0.15, -0.1) is 0 Å². The molecule has 0 unspecified atom stereocenters. The average molecular weight is 463 g/mol. The Morgan fingerprint density at radius 1 is 0.848 bits per heavy atom.